The molecule has 0 fully saturated rings. The van der Waals surface area contributed by atoms with Gasteiger partial charge in [-0.1, -0.05) is 63.1 Å². The van der Waals surface area contributed by atoms with Crippen molar-refractivity contribution >= 4 is 5.91 Å². The molecular weight excluding hydrogens is 250 g/mol. The lowest BCUT2D eigenvalue weighted by molar-refractivity contribution is -0.129. The first-order valence-electron chi connectivity index (χ1n) is 7.26. The summed E-state index contributed by atoms with van der Waals surface area (Å²) >= 11 is 0. The van der Waals surface area contributed by atoms with Crippen LogP contribution in [0.2, 0.25) is 0 Å². The van der Waals surface area contributed by atoms with Crippen molar-refractivity contribution in [1.82, 2.24) is 5.32 Å². The molecule has 3 atom stereocenters. The molecule has 0 aliphatic rings. The second kappa shape index (κ2) is 8.54. The highest BCUT2D eigenvalue weighted by Crippen LogP contribution is 2.21. The van der Waals surface area contributed by atoms with E-state index in [2.05, 4.69) is 18.8 Å². The van der Waals surface area contributed by atoms with Crippen LogP contribution in [0, 0.1) is 11.8 Å². The number of nitrogens with one attached hydrogen (secondary N) is 1. The van der Waals surface area contributed by atoms with Gasteiger partial charge in [-0.2, -0.15) is 0 Å². The minimum atomic E-state index is -0.954. The number of carbonyl (C=O) groups is 1. The zero-order valence-corrected chi connectivity index (χ0v) is 12.4. The average Bonchev–Trinajstić information content (AvgIpc) is 2.48. The van der Waals surface area contributed by atoms with E-state index in [1.54, 1.807) is 18.2 Å². The highest BCUT2D eigenvalue weighted by atomic mass is 16.3. The van der Waals surface area contributed by atoms with E-state index in [1.807, 2.05) is 25.1 Å². The van der Waals surface area contributed by atoms with Crippen LogP contribution in [0.15, 0.2) is 43.0 Å². The van der Waals surface area contributed by atoms with Gasteiger partial charge < -0.3 is 10.4 Å². The molecule has 0 aromatic heterocycles. The van der Waals surface area contributed by atoms with E-state index in [4.69, 9.17) is 0 Å². The van der Waals surface area contributed by atoms with Gasteiger partial charge in [-0.25, -0.2) is 0 Å². The molecule has 0 heterocycles. The van der Waals surface area contributed by atoms with Gasteiger partial charge in [-0.05, 0) is 12.3 Å². The average molecular weight is 275 g/mol. The second-order valence-corrected chi connectivity index (χ2v) is 5.17. The molecule has 2 N–H and O–H groups in total. The quantitative estimate of drug-likeness (QED) is 0.564. The standard InChI is InChI=1S/C17H25NO2/c1-4-6-12-15(13(3)5-2)17(20)18-16(19)14-10-8-7-9-11-14/h5,7-11,13,15-16,19H,2,4,6,12H2,1,3H3,(H,18,20)/t13-,15+,16-/m1/s1. The summed E-state index contributed by atoms with van der Waals surface area (Å²) in [6.07, 6.45) is 3.71. The van der Waals surface area contributed by atoms with Gasteiger partial charge in [-0.15, -0.1) is 6.58 Å². The van der Waals surface area contributed by atoms with Crippen LogP contribution >= 0.6 is 0 Å². The van der Waals surface area contributed by atoms with Crippen molar-refractivity contribution in [3.8, 4) is 0 Å². The number of rotatable bonds is 8. The molecule has 1 rings (SSSR count). The first kappa shape index (κ1) is 16.4. The first-order valence-corrected chi connectivity index (χ1v) is 7.26. The fraction of sp³-hybridized carbons (Fsp3) is 0.471. The lowest BCUT2D eigenvalue weighted by Gasteiger charge is -2.23. The summed E-state index contributed by atoms with van der Waals surface area (Å²) in [5, 5.41) is 12.8. The van der Waals surface area contributed by atoms with Crippen molar-refractivity contribution in [1.29, 1.82) is 0 Å². The summed E-state index contributed by atoms with van der Waals surface area (Å²) in [5.41, 5.74) is 0.696. The van der Waals surface area contributed by atoms with Crippen molar-refractivity contribution in [2.45, 2.75) is 39.3 Å². The minimum Gasteiger partial charge on any atom is -0.369 e. The molecule has 3 nitrogen and oxygen atoms in total. The van der Waals surface area contributed by atoms with Crippen LogP contribution in [0.25, 0.3) is 0 Å². The number of hydrogen-bond acceptors (Lipinski definition) is 2. The number of aliphatic hydroxyl groups excluding tert-OH is 1. The summed E-state index contributed by atoms with van der Waals surface area (Å²) in [6.45, 7) is 7.86. The number of amides is 1. The Labute approximate surface area is 121 Å². The molecule has 0 aliphatic heterocycles. The molecule has 0 saturated heterocycles. The summed E-state index contributed by atoms with van der Waals surface area (Å²) < 4.78 is 0. The monoisotopic (exact) mass is 275 g/mol. The Kier molecular flexibility index (Phi) is 7.02. The van der Waals surface area contributed by atoms with E-state index >= 15 is 0 Å². The molecule has 3 heteroatoms. The summed E-state index contributed by atoms with van der Waals surface area (Å²) in [4.78, 5) is 12.3. The van der Waals surface area contributed by atoms with Gasteiger partial charge in [0.1, 0.15) is 0 Å². The predicted molar refractivity (Wildman–Crippen MR) is 81.9 cm³/mol. The Morgan fingerprint density at radius 3 is 2.60 bits per heavy atom. The highest BCUT2D eigenvalue weighted by Gasteiger charge is 2.24. The minimum absolute atomic E-state index is 0.101. The smallest absolute Gasteiger partial charge is 0.225 e. The van der Waals surface area contributed by atoms with Gasteiger partial charge in [0.05, 0.1) is 0 Å². The van der Waals surface area contributed by atoms with E-state index in [0.717, 1.165) is 19.3 Å². The van der Waals surface area contributed by atoms with Gasteiger partial charge in [0.2, 0.25) is 5.91 Å². The van der Waals surface area contributed by atoms with Gasteiger partial charge in [0, 0.05) is 11.5 Å². The molecule has 20 heavy (non-hydrogen) atoms. The van der Waals surface area contributed by atoms with E-state index in [-0.39, 0.29) is 17.7 Å². The maximum absolute atomic E-state index is 12.3. The highest BCUT2D eigenvalue weighted by molar-refractivity contribution is 5.79. The summed E-state index contributed by atoms with van der Waals surface area (Å²) in [5.74, 6) is -0.141. The zero-order chi connectivity index (χ0) is 15.0. The van der Waals surface area contributed by atoms with Crippen molar-refractivity contribution < 1.29 is 9.90 Å². The molecular formula is C17H25NO2. The Bertz CT molecular complexity index is 416. The molecule has 1 amide bonds. The van der Waals surface area contributed by atoms with E-state index < -0.39 is 6.23 Å². The van der Waals surface area contributed by atoms with Gasteiger partial charge in [0.15, 0.2) is 6.23 Å². The molecule has 1 aromatic rings. The van der Waals surface area contributed by atoms with Crippen LogP contribution in [-0.4, -0.2) is 11.0 Å². The number of unbranched alkanes of at least 4 members (excludes halogenated alkanes) is 1. The fourth-order valence-electron chi connectivity index (χ4n) is 2.18. The molecule has 0 saturated carbocycles. The van der Waals surface area contributed by atoms with Gasteiger partial charge >= 0.3 is 0 Å². The Morgan fingerprint density at radius 1 is 1.40 bits per heavy atom. The molecule has 0 aliphatic carbocycles. The number of hydrogen-bond donors (Lipinski definition) is 2. The van der Waals surface area contributed by atoms with E-state index in [1.165, 1.54) is 0 Å². The number of aliphatic hydroxyl groups is 1. The van der Waals surface area contributed by atoms with Crippen molar-refractivity contribution in [3.05, 3.63) is 48.6 Å². The van der Waals surface area contributed by atoms with E-state index in [0.29, 0.717) is 5.56 Å². The molecule has 1 aromatic carbocycles. The maximum atomic E-state index is 12.3. The topological polar surface area (TPSA) is 49.3 Å². The Balaban J connectivity index is 2.67. The van der Waals surface area contributed by atoms with Gasteiger partial charge in [0.25, 0.3) is 0 Å². The molecule has 0 bridgehead atoms. The normalized spacial score (nSPS) is 15.2. The lowest BCUT2D eigenvalue weighted by Crippen LogP contribution is -2.36. The number of allylic oxidation sites excluding steroid dienone is 1. The summed E-state index contributed by atoms with van der Waals surface area (Å²) in [7, 11) is 0. The van der Waals surface area contributed by atoms with Crippen LogP contribution < -0.4 is 5.32 Å². The lowest BCUT2D eigenvalue weighted by atomic mass is 9.88. The largest absolute Gasteiger partial charge is 0.369 e. The van der Waals surface area contributed by atoms with Crippen molar-refractivity contribution in [2.24, 2.45) is 11.8 Å². The van der Waals surface area contributed by atoms with Crippen LogP contribution in [-0.2, 0) is 4.79 Å². The SMILES string of the molecule is C=C[C@@H](C)[C@H](CCCC)C(=O)N[C@H](O)c1ccccc1. The molecule has 110 valence electrons. The molecule has 0 spiro atoms. The van der Waals surface area contributed by atoms with Crippen molar-refractivity contribution in [2.75, 3.05) is 0 Å². The third-order valence-electron chi connectivity index (χ3n) is 3.61. The van der Waals surface area contributed by atoms with Crippen LogP contribution in [0.4, 0.5) is 0 Å². The third kappa shape index (κ3) is 4.82. The zero-order valence-electron chi connectivity index (χ0n) is 12.4. The molecule has 0 unspecified atom stereocenters. The maximum Gasteiger partial charge on any atom is 0.225 e. The number of benzene rings is 1. The second-order valence-electron chi connectivity index (χ2n) is 5.17. The van der Waals surface area contributed by atoms with Crippen LogP contribution in [0.3, 0.4) is 0 Å². The molecule has 0 radical (unpaired) electrons. The van der Waals surface area contributed by atoms with Crippen LogP contribution in [0.1, 0.15) is 44.9 Å². The summed E-state index contributed by atoms with van der Waals surface area (Å²) in [6, 6.07) is 9.14. The fourth-order valence-corrected chi connectivity index (χ4v) is 2.18. The Hall–Kier alpha value is -1.61. The third-order valence-corrected chi connectivity index (χ3v) is 3.61. The predicted octanol–water partition coefficient (Wildman–Crippen LogP) is 3.42. The van der Waals surface area contributed by atoms with Crippen LogP contribution in [0.5, 0.6) is 0 Å². The van der Waals surface area contributed by atoms with Gasteiger partial charge in [-0.3, -0.25) is 4.79 Å². The number of carbonyl (C=O) groups excluding carboxylic acids is 1. The first-order chi connectivity index (χ1) is 9.60. The van der Waals surface area contributed by atoms with E-state index in [9.17, 15) is 9.90 Å². The Morgan fingerprint density at radius 2 is 2.05 bits per heavy atom. The van der Waals surface area contributed by atoms with Crippen molar-refractivity contribution in [3.63, 3.8) is 0 Å².